The van der Waals surface area contributed by atoms with Gasteiger partial charge in [0.05, 0.1) is 12.0 Å². The molecule has 2 unspecified atom stereocenters. The van der Waals surface area contributed by atoms with E-state index >= 15 is 0 Å². The fourth-order valence-electron chi connectivity index (χ4n) is 3.25. The Balaban J connectivity index is 1.78. The van der Waals surface area contributed by atoms with Crippen LogP contribution in [0, 0.1) is 5.92 Å². The normalized spacial score (nSPS) is 25.7. The number of benzene rings is 1. The summed E-state index contributed by atoms with van der Waals surface area (Å²) in [4.78, 5) is 23.8. The van der Waals surface area contributed by atoms with Crippen LogP contribution in [0.2, 0.25) is 0 Å². The Kier molecular flexibility index (Phi) is 3.92. The van der Waals surface area contributed by atoms with Crippen molar-refractivity contribution in [3.05, 3.63) is 23.8 Å². The number of ether oxygens (including phenoxy) is 1. The minimum Gasteiger partial charge on any atom is -0.487 e. The molecule has 0 saturated carbocycles. The Bertz CT molecular complexity index is 632. The van der Waals surface area contributed by atoms with Crippen molar-refractivity contribution in [2.45, 2.75) is 44.8 Å². The molecule has 0 spiro atoms. The second-order valence-corrected chi connectivity index (χ2v) is 6.96. The van der Waals surface area contributed by atoms with Gasteiger partial charge in [-0.15, -0.1) is 0 Å². The molecule has 2 atom stereocenters. The molecular formula is C17H23N3O3. The van der Waals surface area contributed by atoms with Crippen LogP contribution in [0.3, 0.4) is 0 Å². The predicted molar refractivity (Wildman–Crippen MR) is 86.8 cm³/mol. The SMILES string of the molecule is CC1(C)CC(NC(=O)C2CCC(=O)NC2)c2cc(N)ccc2O1. The fourth-order valence-corrected chi connectivity index (χ4v) is 3.25. The van der Waals surface area contributed by atoms with E-state index in [2.05, 4.69) is 10.6 Å². The molecule has 6 nitrogen and oxygen atoms in total. The predicted octanol–water partition coefficient (Wildman–Crippen LogP) is 1.51. The number of hydrogen-bond donors (Lipinski definition) is 3. The van der Waals surface area contributed by atoms with Crippen LogP contribution in [0.1, 0.15) is 44.7 Å². The van der Waals surface area contributed by atoms with E-state index in [1.807, 2.05) is 26.0 Å². The number of rotatable bonds is 2. The lowest BCUT2D eigenvalue weighted by molar-refractivity contribution is -0.129. The first-order valence-electron chi connectivity index (χ1n) is 7.99. The van der Waals surface area contributed by atoms with Gasteiger partial charge in [0.1, 0.15) is 11.4 Å². The number of fused-ring (bicyclic) bond motifs is 1. The van der Waals surface area contributed by atoms with E-state index in [0.717, 1.165) is 11.3 Å². The number of nitrogen functional groups attached to an aromatic ring is 1. The van der Waals surface area contributed by atoms with Crippen molar-refractivity contribution in [1.29, 1.82) is 0 Å². The van der Waals surface area contributed by atoms with Gasteiger partial charge in [0.2, 0.25) is 11.8 Å². The van der Waals surface area contributed by atoms with Gasteiger partial charge in [0.25, 0.3) is 0 Å². The van der Waals surface area contributed by atoms with Crippen molar-refractivity contribution in [2.24, 2.45) is 5.92 Å². The smallest absolute Gasteiger partial charge is 0.225 e. The highest BCUT2D eigenvalue weighted by molar-refractivity contribution is 5.84. The average molecular weight is 317 g/mol. The van der Waals surface area contributed by atoms with Crippen molar-refractivity contribution < 1.29 is 14.3 Å². The molecule has 1 fully saturated rings. The lowest BCUT2D eigenvalue weighted by atomic mass is 9.88. The van der Waals surface area contributed by atoms with E-state index in [0.29, 0.717) is 31.5 Å². The standard InChI is InChI=1S/C17H23N3O3/c1-17(2)8-13(12-7-11(18)4-5-14(12)23-17)20-16(22)10-3-6-15(21)19-9-10/h4-5,7,10,13H,3,6,8-9,18H2,1-2H3,(H,19,21)(H,20,22). The Hall–Kier alpha value is -2.24. The highest BCUT2D eigenvalue weighted by Crippen LogP contribution is 2.40. The lowest BCUT2D eigenvalue weighted by Crippen LogP contribution is -2.46. The van der Waals surface area contributed by atoms with Gasteiger partial charge in [-0.25, -0.2) is 0 Å². The van der Waals surface area contributed by atoms with Gasteiger partial charge in [-0.1, -0.05) is 0 Å². The number of piperidine rings is 1. The number of anilines is 1. The van der Waals surface area contributed by atoms with Crippen LogP contribution in [-0.4, -0.2) is 24.0 Å². The molecule has 2 aliphatic heterocycles. The van der Waals surface area contributed by atoms with Crippen LogP contribution < -0.4 is 21.1 Å². The van der Waals surface area contributed by atoms with Crippen LogP contribution in [0.4, 0.5) is 5.69 Å². The lowest BCUT2D eigenvalue weighted by Gasteiger charge is -2.38. The molecule has 124 valence electrons. The number of carbonyl (C=O) groups is 2. The number of nitrogens with two attached hydrogens (primary N) is 1. The Morgan fingerprint density at radius 2 is 2.22 bits per heavy atom. The van der Waals surface area contributed by atoms with Crippen molar-refractivity contribution in [3.63, 3.8) is 0 Å². The summed E-state index contributed by atoms with van der Waals surface area (Å²) in [5.74, 6) is 0.571. The zero-order chi connectivity index (χ0) is 16.6. The maximum Gasteiger partial charge on any atom is 0.225 e. The third-order valence-corrected chi connectivity index (χ3v) is 4.44. The third-order valence-electron chi connectivity index (χ3n) is 4.44. The van der Waals surface area contributed by atoms with Crippen LogP contribution in [-0.2, 0) is 9.59 Å². The molecule has 23 heavy (non-hydrogen) atoms. The molecule has 3 rings (SSSR count). The molecule has 2 aliphatic rings. The monoisotopic (exact) mass is 317 g/mol. The van der Waals surface area contributed by atoms with Gasteiger partial charge in [-0.3, -0.25) is 9.59 Å². The first-order valence-corrected chi connectivity index (χ1v) is 7.99. The average Bonchev–Trinajstić information content (AvgIpc) is 2.48. The van der Waals surface area contributed by atoms with Gasteiger partial charge in [0.15, 0.2) is 0 Å². The molecule has 2 heterocycles. The maximum absolute atomic E-state index is 12.5. The Labute approximate surface area is 135 Å². The van der Waals surface area contributed by atoms with Crippen LogP contribution in [0.5, 0.6) is 5.75 Å². The fraction of sp³-hybridized carbons (Fsp3) is 0.529. The van der Waals surface area contributed by atoms with Crippen molar-refractivity contribution in [3.8, 4) is 5.75 Å². The summed E-state index contributed by atoms with van der Waals surface area (Å²) < 4.78 is 5.98. The van der Waals surface area contributed by atoms with E-state index in [-0.39, 0.29) is 29.4 Å². The minimum absolute atomic E-state index is 0.0133. The molecule has 1 aromatic rings. The summed E-state index contributed by atoms with van der Waals surface area (Å²) in [6, 6.07) is 5.38. The minimum atomic E-state index is -0.359. The molecule has 1 saturated heterocycles. The quantitative estimate of drug-likeness (QED) is 0.721. The zero-order valence-electron chi connectivity index (χ0n) is 13.5. The van der Waals surface area contributed by atoms with Gasteiger partial charge in [0, 0.05) is 30.6 Å². The van der Waals surface area contributed by atoms with Crippen LogP contribution in [0.25, 0.3) is 0 Å². The molecule has 0 bridgehead atoms. The first-order chi connectivity index (χ1) is 10.8. The molecule has 4 N–H and O–H groups in total. The second-order valence-electron chi connectivity index (χ2n) is 6.96. The molecule has 0 radical (unpaired) electrons. The van der Waals surface area contributed by atoms with Gasteiger partial charge >= 0.3 is 0 Å². The van der Waals surface area contributed by atoms with Crippen molar-refractivity contribution in [2.75, 3.05) is 12.3 Å². The number of hydrogen-bond acceptors (Lipinski definition) is 4. The number of carbonyl (C=O) groups excluding carboxylic acids is 2. The summed E-state index contributed by atoms with van der Waals surface area (Å²) >= 11 is 0. The highest BCUT2D eigenvalue weighted by atomic mass is 16.5. The maximum atomic E-state index is 12.5. The number of amides is 2. The summed E-state index contributed by atoms with van der Waals surface area (Å²) in [6.07, 6.45) is 1.67. The third kappa shape index (κ3) is 3.41. The van der Waals surface area contributed by atoms with E-state index in [1.54, 1.807) is 6.07 Å². The summed E-state index contributed by atoms with van der Waals surface area (Å²) in [5, 5.41) is 5.87. The van der Waals surface area contributed by atoms with Gasteiger partial charge in [-0.05, 0) is 38.5 Å². The topological polar surface area (TPSA) is 93.5 Å². The van der Waals surface area contributed by atoms with E-state index < -0.39 is 0 Å². The largest absolute Gasteiger partial charge is 0.487 e. The highest BCUT2D eigenvalue weighted by Gasteiger charge is 2.36. The zero-order valence-corrected chi connectivity index (χ0v) is 13.5. The Morgan fingerprint density at radius 1 is 1.43 bits per heavy atom. The van der Waals surface area contributed by atoms with Crippen molar-refractivity contribution >= 4 is 17.5 Å². The van der Waals surface area contributed by atoms with Gasteiger partial charge in [-0.2, -0.15) is 0 Å². The summed E-state index contributed by atoms with van der Waals surface area (Å²) in [5.41, 5.74) is 7.09. The second kappa shape index (κ2) is 5.76. The van der Waals surface area contributed by atoms with E-state index in [9.17, 15) is 9.59 Å². The molecular weight excluding hydrogens is 294 g/mol. The molecule has 6 heteroatoms. The molecule has 0 aliphatic carbocycles. The molecule has 0 aromatic heterocycles. The van der Waals surface area contributed by atoms with Gasteiger partial charge < -0.3 is 21.1 Å². The van der Waals surface area contributed by atoms with Crippen molar-refractivity contribution in [1.82, 2.24) is 10.6 Å². The van der Waals surface area contributed by atoms with Crippen LogP contribution >= 0.6 is 0 Å². The van der Waals surface area contributed by atoms with E-state index in [4.69, 9.17) is 10.5 Å². The Morgan fingerprint density at radius 3 is 2.91 bits per heavy atom. The van der Waals surface area contributed by atoms with Crippen LogP contribution in [0.15, 0.2) is 18.2 Å². The number of nitrogens with one attached hydrogen (secondary N) is 2. The summed E-state index contributed by atoms with van der Waals surface area (Å²) in [6.45, 7) is 4.42. The molecule has 2 amide bonds. The summed E-state index contributed by atoms with van der Waals surface area (Å²) in [7, 11) is 0. The molecule has 1 aromatic carbocycles. The van der Waals surface area contributed by atoms with E-state index in [1.165, 1.54) is 0 Å². The first kappa shape index (κ1) is 15.6.